The Kier molecular flexibility index (Phi) is 4.89. The van der Waals surface area contributed by atoms with Gasteiger partial charge in [0, 0.05) is 48.4 Å². The molecular weight excluding hydrogens is 382 g/mol. The van der Waals surface area contributed by atoms with E-state index in [4.69, 9.17) is 9.72 Å². The molecule has 2 aromatic heterocycles. The van der Waals surface area contributed by atoms with E-state index in [1.54, 1.807) is 29.8 Å². The number of benzene rings is 1. The molecule has 4 heterocycles. The molecule has 148 valence electrons. The van der Waals surface area contributed by atoms with Crippen LogP contribution in [0.5, 0.6) is 5.75 Å². The van der Waals surface area contributed by atoms with Crippen LogP contribution >= 0.6 is 11.3 Å². The fraction of sp³-hybridized carbons (Fsp3) is 0.348. The highest BCUT2D eigenvalue weighted by Gasteiger charge is 2.26. The molecule has 1 atom stereocenters. The van der Waals surface area contributed by atoms with Gasteiger partial charge in [-0.05, 0) is 42.7 Å². The molecule has 3 aromatic rings. The fourth-order valence-electron chi connectivity index (χ4n) is 4.10. The quantitative estimate of drug-likeness (QED) is 0.600. The molecule has 0 radical (unpaired) electrons. The van der Waals surface area contributed by atoms with Gasteiger partial charge >= 0.3 is 0 Å². The van der Waals surface area contributed by atoms with Gasteiger partial charge in [-0.3, -0.25) is 14.7 Å². The third-order valence-corrected chi connectivity index (χ3v) is 7.00. The van der Waals surface area contributed by atoms with Crippen LogP contribution in [-0.2, 0) is 25.8 Å². The van der Waals surface area contributed by atoms with Crippen molar-refractivity contribution in [1.29, 1.82) is 0 Å². The summed E-state index contributed by atoms with van der Waals surface area (Å²) in [5.41, 5.74) is 4.37. The highest BCUT2D eigenvalue weighted by atomic mass is 32.1. The Labute approximate surface area is 174 Å². The van der Waals surface area contributed by atoms with Crippen molar-refractivity contribution in [3.05, 3.63) is 75.0 Å². The van der Waals surface area contributed by atoms with Crippen molar-refractivity contribution in [2.45, 2.75) is 38.8 Å². The minimum Gasteiger partial charge on any atom is -0.493 e. The number of pyridine rings is 1. The van der Waals surface area contributed by atoms with Crippen molar-refractivity contribution in [2.24, 2.45) is 0 Å². The lowest BCUT2D eigenvalue weighted by molar-refractivity contribution is 0.0992. The van der Waals surface area contributed by atoms with Crippen molar-refractivity contribution in [3.8, 4) is 5.75 Å². The number of hydrogen-bond donors (Lipinski definition) is 0. The van der Waals surface area contributed by atoms with Gasteiger partial charge < -0.3 is 4.74 Å². The van der Waals surface area contributed by atoms with Crippen molar-refractivity contribution in [1.82, 2.24) is 14.9 Å². The van der Waals surface area contributed by atoms with Crippen molar-refractivity contribution in [2.75, 3.05) is 13.2 Å². The first-order valence-electron chi connectivity index (χ1n) is 10.1. The summed E-state index contributed by atoms with van der Waals surface area (Å²) < 4.78 is 5.74. The third-order valence-electron chi connectivity index (χ3n) is 5.85. The molecule has 0 spiro atoms. The van der Waals surface area contributed by atoms with Crippen LogP contribution in [0.3, 0.4) is 0 Å². The van der Waals surface area contributed by atoms with E-state index < -0.39 is 0 Å². The number of carbonyl (C=O) groups is 1. The number of Topliss-reactive ketones (excluding diaryl/α,β-unsaturated/α-hetero) is 1. The SMILES string of the molecule is CC(c1ccc2c(c1)OCC2)N1CCc2sc(CC(=O)c3cccnc3)nc2C1. The highest BCUT2D eigenvalue weighted by Crippen LogP contribution is 2.34. The number of hydrogen-bond acceptors (Lipinski definition) is 6. The number of fused-ring (bicyclic) bond motifs is 2. The molecule has 6 heteroatoms. The Balaban J connectivity index is 1.29. The number of rotatable bonds is 5. The molecular formula is C23H23N3O2S. The van der Waals surface area contributed by atoms with Gasteiger partial charge in [-0.2, -0.15) is 0 Å². The van der Waals surface area contributed by atoms with Gasteiger partial charge in [0.05, 0.1) is 18.7 Å². The molecule has 1 aromatic carbocycles. The van der Waals surface area contributed by atoms with E-state index in [1.807, 2.05) is 6.07 Å². The zero-order valence-corrected chi connectivity index (χ0v) is 17.2. The van der Waals surface area contributed by atoms with Crippen molar-refractivity contribution < 1.29 is 9.53 Å². The van der Waals surface area contributed by atoms with E-state index in [0.29, 0.717) is 18.0 Å². The number of aromatic nitrogens is 2. The number of nitrogens with zero attached hydrogens (tertiary/aromatic N) is 3. The van der Waals surface area contributed by atoms with Gasteiger partial charge in [-0.25, -0.2) is 4.98 Å². The predicted molar refractivity (Wildman–Crippen MR) is 113 cm³/mol. The number of ketones is 1. The lowest BCUT2D eigenvalue weighted by atomic mass is 10.0. The van der Waals surface area contributed by atoms with E-state index in [9.17, 15) is 4.79 Å². The van der Waals surface area contributed by atoms with E-state index in [2.05, 4.69) is 35.0 Å². The predicted octanol–water partition coefficient (Wildman–Crippen LogP) is 4.02. The summed E-state index contributed by atoms with van der Waals surface area (Å²) in [6.07, 6.45) is 5.65. The first kappa shape index (κ1) is 18.5. The van der Waals surface area contributed by atoms with E-state index in [-0.39, 0.29) is 5.78 Å². The Bertz CT molecular complexity index is 1050. The molecule has 2 aliphatic rings. The molecule has 0 fully saturated rings. The van der Waals surface area contributed by atoms with Crippen LogP contribution in [0, 0.1) is 0 Å². The summed E-state index contributed by atoms with van der Waals surface area (Å²) in [5.74, 6) is 1.12. The van der Waals surface area contributed by atoms with Crippen LogP contribution in [0.2, 0.25) is 0 Å². The monoisotopic (exact) mass is 405 g/mol. The van der Waals surface area contributed by atoms with Crippen LogP contribution in [0.15, 0.2) is 42.7 Å². The Hall–Kier alpha value is -2.57. The summed E-state index contributed by atoms with van der Waals surface area (Å²) in [5, 5.41) is 0.907. The standard InChI is InChI=1S/C23H23N3O2S/c1-15(17-5-4-16-7-10-28-21(16)11-17)26-9-6-22-19(14-26)25-23(29-22)12-20(27)18-3-2-8-24-13-18/h2-5,8,11,13,15H,6-7,9-10,12,14H2,1H3. The molecule has 2 aliphatic heterocycles. The van der Waals surface area contributed by atoms with Crippen LogP contribution in [0.4, 0.5) is 0 Å². The highest BCUT2D eigenvalue weighted by molar-refractivity contribution is 7.11. The van der Waals surface area contributed by atoms with Gasteiger partial charge in [0.15, 0.2) is 5.78 Å². The lowest BCUT2D eigenvalue weighted by Crippen LogP contribution is -2.32. The smallest absolute Gasteiger partial charge is 0.171 e. The fourth-order valence-corrected chi connectivity index (χ4v) is 5.16. The maximum absolute atomic E-state index is 12.5. The molecule has 5 rings (SSSR count). The first-order chi connectivity index (χ1) is 14.2. The summed E-state index contributed by atoms with van der Waals surface area (Å²) >= 11 is 1.69. The third kappa shape index (κ3) is 3.70. The van der Waals surface area contributed by atoms with Gasteiger partial charge in [0.25, 0.3) is 0 Å². The molecule has 0 amide bonds. The topological polar surface area (TPSA) is 55.3 Å². The minimum absolute atomic E-state index is 0.0764. The van der Waals surface area contributed by atoms with E-state index in [0.717, 1.165) is 49.0 Å². The van der Waals surface area contributed by atoms with E-state index >= 15 is 0 Å². The molecule has 29 heavy (non-hydrogen) atoms. The Morgan fingerprint density at radius 1 is 1.31 bits per heavy atom. The van der Waals surface area contributed by atoms with E-state index in [1.165, 1.54) is 16.0 Å². The average Bonchev–Trinajstić information content (AvgIpc) is 3.38. The summed E-state index contributed by atoms with van der Waals surface area (Å²) in [7, 11) is 0. The maximum Gasteiger partial charge on any atom is 0.171 e. The van der Waals surface area contributed by atoms with Crippen molar-refractivity contribution in [3.63, 3.8) is 0 Å². The molecule has 1 unspecified atom stereocenters. The second kappa shape index (κ2) is 7.69. The van der Waals surface area contributed by atoms with Gasteiger partial charge in [-0.1, -0.05) is 12.1 Å². The molecule has 0 aliphatic carbocycles. The maximum atomic E-state index is 12.5. The Morgan fingerprint density at radius 3 is 3.10 bits per heavy atom. The second-order valence-electron chi connectivity index (χ2n) is 7.68. The van der Waals surface area contributed by atoms with Crippen LogP contribution in [0.25, 0.3) is 0 Å². The average molecular weight is 406 g/mol. The zero-order chi connectivity index (χ0) is 19.8. The van der Waals surface area contributed by atoms with Gasteiger partial charge in [-0.15, -0.1) is 11.3 Å². The lowest BCUT2D eigenvalue weighted by Gasteiger charge is -2.32. The molecule has 0 saturated carbocycles. The molecule has 5 nitrogen and oxygen atoms in total. The molecule has 0 N–H and O–H groups in total. The number of carbonyl (C=O) groups excluding carboxylic acids is 1. The van der Waals surface area contributed by atoms with Crippen LogP contribution in [-0.4, -0.2) is 33.8 Å². The van der Waals surface area contributed by atoms with Crippen LogP contribution in [0.1, 0.15) is 50.0 Å². The second-order valence-corrected chi connectivity index (χ2v) is 8.85. The molecule has 0 saturated heterocycles. The summed E-state index contributed by atoms with van der Waals surface area (Å²) in [6.45, 7) is 4.87. The largest absolute Gasteiger partial charge is 0.493 e. The van der Waals surface area contributed by atoms with Crippen LogP contribution < -0.4 is 4.74 Å². The normalized spacial score (nSPS) is 16.7. The minimum atomic E-state index is 0.0764. The summed E-state index contributed by atoms with van der Waals surface area (Å²) in [4.78, 5) is 25.1. The Morgan fingerprint density at radius 2 is 2.24 bits per heavy atom. The van der Waals surface area contributed by atoms with Crippen molar-refractivity contribution >= 4 is 17.1 Å². The molecule has 0 bridgehead atoms. The van der Waals surface area contributed by atoms with Gasteiger partial charge in [0.1, 0.15) is 10.8 Å². The summed E-state index contributed by atoms with van der Waals surface area (Å²) in [6, 6.07) is 10.5. The first-order valence-corrected chi connectivity index (χ1v) is 10.9. The number of ether oxygens (including phenoxy) is 1. The van der Waals surface area contributed by atoms with Gasteiger partial charge in [0.2, 0.25) is 0 Å². The zero-order valence-electron chi connectivity index (χ0n) is 16.4. The number of thiazole rings is 1.